The Morgan fingerprint density at radius 1 is 0.517 bits per heavy atom. The Hall–Kier alpha value is -10.3. The monoisotopic (exact) mass is 1670 g/mol. The molecule has 1 heterocycles. The minimum absolute atomic E-state index is 0.00499. The number of aliphatic carboxylic acids is 4. The van der Waals surface area contributed by atoms with Gasteiger partial charge in [-0.15, -0.1) is 0 Å². The number of aliphatic hydroxyl groups excluding tert-OH is 10. The predicted molar refractivity (Wildman–Crippen MR) is 406 cm³/mol. The Kier molecular flexibility index (Phi) is 40.3. The molecule has 1 aliphatic carbocycles. The number of fused-ring (bicyclic) bond motifs is 1. The van der Waals surface area contributed by atoms with Crippen LogP contribution in [0.4, 0.5) is 21.9 Å². The summed E-state index contributed by atoms with van der Waals surface area (Å²) in [5.74, 6) is -19.5. The van der Waals surface area contributed by atoms with Crippen LogP contribution in [0.15, 0.2) is 48.5 Å². The van der Waals surface area contributed by atoms with Gasteiger partial charge < -0.3 is 146 Å². The number of nitrogens with zero attached hydrogens (tertiary/aromatic N) is 2. The van der Waals surface area contributed by atoms with E-state index in [-0.39, 0.29) is 36.2 Å². The summed E-state index contributed by atoms with van der Waals surface area (Å²) in [6.45, 7) is -0.0961. The molecule has 646 valence electrons. The number of nitrogens with two attached hydrogens (primary N) is 1. The maximum Gasteiger partial charge on any atom is 0.327 e. The van der Waals surface area contributed by atoms with Crippen LogP contribution in [-0.4, -0.2) is 321 Å². The number of urea groups is 1. The molecule has 0 spiro atoms. The van der Waals surface area contributed by atoms with E-state index in [1.54, 1.807) is 39.0 Å². The van der Waals surface area contributed by atoms with Crippen molar-refractivity contribution in [3.63, 3.8) is 0 Å². The highest BCUT2D eigenvalue weighted by Crippen LogP contribution is 2.38. The molecule has 0 saturated heterocycles. The van der Waals surface area contributed by atoms with E-state index in [9.17, 15) is 143 Å². The smallest absolute Gasteiger partial charge is 0.327 e. The van der Waals surface area contributed by atoms with Gasteiger partial charge in [0.15, 0.2) is 5.78 Å². The second-order valence-electron chi connectivity index (χ2n) is 28.7. The number of hydrogen-bond donors (Lipinski definition) is 27. The van der Waals surface area contributed by atoms with Gasteiger partial charge in [0, 0.05) is 80.3 Å². The first-order chi connectivity index (χ1) is 54.5. The number of Topliss-reactive ketones (excluding diaryl/α,β-unsaturated/α-hetero) is 1. The summed E-state index contributed by atoms with van der Waals surface area (Å²) in [5.41, 5.74) is 5.90. The lowest BCUT2D eigenvalue weighted by Gasteiger charge is -2.37. The molecule has 116 heavy (non-hydrogen) atoms. The van der Waals surface area contributed by atoms with Crippen molar-refractivity contribution in [3.8, 4) is 0 Å². The highest BCUT2D eigenvalue weighted by atomic mass is 32.1. The first kappa shape index (κ1) is 98.0. The van der Waals surface area contributed by atoms with Crippen molar-refractivity contribution in [1.29, 1.82) is 0 Å². The number of amides is 12. The topological polar surface area (TPSA) is 721 Å². The molecule has 1 fully saturated rings. The third-order valence-corrected chi connectivity index (χ3v) is 19.1. The number of aliphatic hydroxyl groups is 10. The molecule has 0 radical (unpaired) electrons. The first-order valence-electron chi connectivity index (χ1n) is 36.9. The molecular weight excluding hydrogens is 1560 g/mol. The molecule has 0 unspecified atom stereocenters. The van der Waals surface area contributed by atoms with Crippen molar-refractivity contribution < 1.29 is 148 Å². The average molecular weight is 1670 g/mol. The van der Waals surface area contributed by atoms with E-state index in [4.69, 9.17) is 10.8 Å². The van der Waals surface area contributed by atoms with Gasteiger partial charge in [-0.1, -0.05) is 58.2 Å². The summed E-state index contributed by atoms with van der Waals surface area (Å²) in [4.78, 5) is 218. The van der Waals surface area contributed by atoms with Gasteiger partial charge in [-0.2, -0.15) is 12.6 Å². The Morgan fingerprint density at radius 3 is 1.43 bits per heavy atom. The average Bonchev–Trinajstić information content (AvgIpc) is 1.62. The van der Waals surface area contributed by atoms with Crippen LogP contribution in [0.2, 0.25) is 0 Å². The van der Waals surface area contributed by atoms with E-state index >= 15 is 0 Å². The largest absolute Gasteiger partial charge is 0.481 e. The molecule has 16 atom stereocenters. The normalized spacial score (nSPS) is 17.6. The van der Waals surface area contributed by atoms with Crippen LogP contribution >= 0.6 is 12.6 Å². The molecule has 4 rings (SSSR count). The fourth-order valence-corrected chi connectivity index (χ4v) is 12.1. The van der Waals surface area contributed by atoms with Gasteiger partial charge in [-0.3, -0.25) is 67.1 Å². The highest BCUT2D eigenvalue weighted by Gasteiger charge is 2.41. The van der Waals surface area contributed by atoms with Gasteiger partial charge in [-0.05, 0) is 68.9 Å². The number of nitrogens with one attached hydrogen (secondary N) is 11. The minimum Gasteiger partial charge on any atom is -0.481 e. The third kappa shape index (κ3) is 31.7. The zero-order valence-electron chi connectivity index (χ0n) is 63.7. The molecular formula is C71H106N14O30S. The lowest BCUT2D eigenvalue weighted by atomic mass is 9.90. The van der Waals surface area contributed by atoms with Crippen LogP contribution in [-0.2, 0) is 67.1 Å². The summed E-state index contributed by atoms with van der Waals surface area (Å²) < 4.78 is 0. The number of carbonyl (C=O) groups is 16. The van der Waals surface area contributed by atoms with Crippen molar-refractivity contribution in [1.82, 2.24) is 53.2 Å². The van der Waals surface area contributed by atoms with Crippen LogP contribution in [0, 0.1) is 5.41 Å². The molecule has 45 heteroatoms. The molecule has 1 saturated carbocycles. The van der Waals surface area contributed by atoms with E-state index < -0.39 is 288 Å². The summed E-state index contributed by atoms with van der Waals surface area (Å²) in [6, 6.07) is -4.01. The predicted octanol–water partition coefficient (Wildman–Crippen LogP) is -8.17. The van der Waals surface area contributed by atoms with Gasteiger partial charge in [0.05, 0.1) is 49.8 Å². The highest BCUT2D eigenvalue weighted by molar-refractivity contribution is 7.80. The second-order valence-corrected chi connectivity index (χ2v) is 29.1. The molecule has 0 aromatic heterocycles. The van der Waals surface area contributed by atoms with Crippen molar-refractivity contribution >= 4 is 124 Å². The van der Waals surface area contributed by atoms with Gasteiger partial charge in [-0.25, -0.2) is 9.59 Å². The molecule has 27 N–H and O–H groups in total. The number of ketones is 1. The Morgan fingerprint density at radius 2 is 0.966 bits per heavy atom. The van der Waals surface area contributed by atoms with Crippen LogP contribution in [0.1, 0.15) is 121 Å². The second kappa shape index (κ2) is 47.6. The zero-order valence-corrected chi connectivity index (χ0v) is 64.6. The fraction of sp³-hybridized carbons (Fsp3) is 0.606. The zero-order chi connectivity index (χ0) is 87.0. The van der Waals surface area contributed by atoms with Gasteiger partial charge >= 0.3 is 29.9 Å². The quantitative estimate of drug-likeness (QED) is 0.0274. The standard InChI is InChI=1S/C71H106N14O30S/c1-71(2,3)51(92)30-85-46-15-8-7-14-45(46)84(36-12-5-4-6-13-36)29-43(68(85)112)83-70(115)76-35-11-9-10-34(24-35)61(105)77-40(18-22-54(95)96)65(109)79-39(17-21-53(94)74-28-48(89)58(102)60(104)50(91)32-87)64(108)80-41(19-23-55(97)98)66(110)78-38(16-20-52(93)73-27-47(88)57(101)59(103)49(90)31-86)63(107)75-26-37(72)62(106)81-42(25-56(99)100)67(111)82-44(33-116)69(113)114/h7-11,14-15,24,36-44,47-50,57-60,86-91,101-104,116H,4-6,12-13,16-23,25-33,72H2,1-3H3,(H,73,93)(H,74,94)(H,75,107)(H,77,105)(H,78,110)(H,79,109)(H,80,108)(H,81,106)(H,82,111)(H,95,96)(H,97,98)(H,99,100)(H,113,114)(H2,76,83,115)/t37-,38+,39+,40+,41+,42-,43+,44-,47-,48-,49+,50+,57+,58+,59+,60+/m0/s1. The number of carboxylic acid groups (broad SMARTS) is 4. The number of carbonyl (C=O) groups excluding carboxylic acids is 12. The molecule has 1 aliphatic heterocycles. The Labute approximate surface area is 669 Å². The van der Waals surface area contributed by atoms with Crippen LogP contribution < -0.4 is 74.0 Å². The maximum atomic E-state index is 14.7. The number of thiol groups is 1. The van der Waals surface area contributed by atoms with E-state index in [1.165, 1.54) is 23.1 Å². The summed E-state index contributed by atoms with van der Waals surface area (Å²) in [7, 11) is 0. The van der Waals surface area contributed by atoms with E-state index in [0.29, 0.717) is 11.4 Å². The maximum absolute atomic E-state index is 14.7. The number of carboxylic acids is 4. The van der Waals surface area contributed by atoms with Crippen molar-refractivity contribution in [2.75, 3.05) is 66.8 Å². The number of benzene rings is 2. The summed E-state index contributed by atoms with van der Waals surface area (Å²) >= 11 is 3.81. The van der Waals surface area contributed by atoms with Crippen LogP contribution in [0.3, 0.4) is 0 Å². The molecule has 2 aliphatic rings. The molecule has 2 aromatic carbocycles. The van der Waals surface area contributed by atoms with Gasteiger partial charge in [0.2, 0.25) is 47.3 Å². The van der Waals surface area contributed by atoms with Gasteiger partial charge in [0.25, 0.3) is 11.8 Å². The van der Waals surface area contributed by atoms with E-state index in [1.807, 2.05) is 16.7 Å². The van der Waals surface area contributed by atoms with E-state index in [0.717, 1.165) is 38.2 Å². The first-order valence-corrected chi connectivity index (χ1v) is 37.6. The van der Waals surface area contributed by atoms with Crippen molar-refractivity contribution in [2.24, 2.45) is 11.1 Å². The third-order valence-electron chi connectivity index (χ3n) is 18.7. The van der Waals surface area contributed by atoms with Gasteiger partial charge in [0.1, 0.15) is 85.0 Å². The summed E-state index contributed by atoms with van der Waals surface area (Å²) in [5, 5.41) is 163. The lowest BCUT2D eigenvalue weighted by Crippen LogP contribution is -2.59. The number of para-hydroxylation sites is 2. The lowest BCUT2D eigenvalue weighted by molar-refractivity contribution is -0.143. The molecule has 44 nitrogen and oxygen atoms in total. The van der Waals surface area contributed by atoms with E-state index in [2.05, 4.69) is 65.4 Å². The van der Waals surface area contributed by atoms with Crippen molar-refractivity contribution in [2.45, 2.75) is 214 Å². The number of anilines is 3. The molecule has 12 amide bonds. The van der Waals surface area contributed by atoms with Crippen molar-refractivity contribution in [3.05, 3.63) is 54.1 Å². The van der Waals surface area contributed by atoms with Crippen LogP contribution in [0.25, 0.3) is 0 Å². The summed E-state index contributed by atoms with van der Waals surface area (Å²) in [6.07, 6.45) is -20.4. The Bertz CT molecular complexity index is 3760. The number of rotatable bonds is 48. The molecule has 0 bridgehead atoms. The molecule has 2 aromatic rings. The minimum atomic E-state index is -2.20. The Balaban J connectivity index is 1.70. The van der Waals surface area contributed by atoms with Crippen LogP contribution in [0.5, 0.6) is 0 Å². The fourth-order valence-electron chi connectivity index (χ4n) is 11.8. The SMILES string of the molecule is CC(C)(C)C(=O)CN1C(=O)[C@H](NC(=O)Nc2cccc(C(=O)N[C@H](CCC(=O)O)C(=O)N[C@H](CCC(=O)NC[C@H](O)[C@@H](O)[C@H](O)[C@H](O)CO)C(=O)N[C@H](CCC(=O)O)C(=O)N[C@H](CCC(=O)NC[C@H](O)[C@@H](O)[C@H](O)[C@H](O)CO)C(=O)NC[C@H](N)C(=O)N[C@@H](CC(=O)O)C(=O)N[C@@H](CS)C(=O)O)c2)CN(C2CCCCC2)c2ccccc21. The number of hydrogen-bond acceptors (Lipinski definition) is 29.